The van der Waals surface area contributed by atoms with Crippen LogP contribution in [0.5, 0.6) is 0 Å². The van der Waals surface area contributed by atoms with Crippen molar-refractivity contribution in [1.29, 1.82) is 0 Å². The topological polar surface area (TPSA) is 17.1 Å². The standard InChI is InChI=1S/C30H25OP/c31-28(24-13-5-1-6-14-24)23-29-30(25-15-7-2-8-16-25,26-17-9-3-10-18-26)21-22-32(29)27-19-11-4-12-20-27/h1-20,23H,21-22H2/b29-23+. The molecule has 0 amide bonds. The van der Waals surface area contributed by atoms with Crippen LogP contribution >= 0.6 is 7.92 Å². The third-order valence-electron chi connectivity index (χ3n) is 6.37. The third-order valence-corrected chi connectivity index (χ3v) is 9.05. The van der Waals surface area contributed by atoms with Crippen LogP contribution in [0.3, 0.4) is 0 Å². The fourth-order valence-electron chi connectivity index (χ4n) is 4.84. The van der Waals surface area contributed by atoms with Crippen molar-refractivity contribution in [3.8, 4) is 0 Å². The van der Waals surface area contributed by atoms with Crippen molar-refractivity contribution < 1.29 is 4.79 Å². The predicted molar refractivity (Wildman–Crippen MR) is 135 cm³/mol. The van der Waals surface area contributed by atoms with Crippen LogP contribution in [0, 0.1) is 0 Å². The molecule has 1 heterocycles. The number of hydrogen-bond donors (Lipinski definition) is 0. The molecule has 1 fully saturated rings. The number of carbonyl (C=O) groups excluding carboxylic acids is 1. The Bertz CT molecular complexity index is 1180. The summed E-state index contributed by atoms with van der Waals surface area (Å²) in [6.45, 7) is 0. The van der Waals surface area contributed by atoms with Crippen LogP contribution in [-0.4, -0.2) is 11.9 Å². The number of benzene rings is 4. The van der Waals surface area contributed by atoms with Gasteiger partial charge in [0.05, 0.1) is 0 Å². The van der Waals surface area contributed by atoms with E-state index in [-0.39, 0.29) is 11.2 Å². The zero-order valence-corrected chi connectivity index (χ0v) is 18.8. The van der Waals surface area contributed by atoms with E-state index in [9.17, 15) is 4.79 Å². The lowest BCUT2D eigenvalue weighted by molar-refractivity contribution is 0.104. The molecule has 0 N–H and O–H groups in total. The molecule has 0 aromatic heterocycles. The molecule has 0 saturated carbocycles. The van der Waals surface area contributed by atoms with Gasteiger partial charge in [0.15, 0.2) is 5.78 Å². The maximum Gasteiger partial charge on any atom is 0.186 e. The molecule has 5 rings (SSSR count). The van der Waals surface area contributed by atoms with Gasteiger partial charge >= 0.3 is 0 Å². The molecule has 1 nitrogen and oxygen atoms in total. The van der Waals surface area contributed by atoms with Gasteiger partial charge in [-0.05, 0) is 48.3 Å². The number of ketones is 1. The molecule has 1 saturated heterocycles. The van der Waals surface area contributed by atoms with Gasteiger partial charge in [-0.25, -0.2) is 0 Å². The summed E-state index contributed by atoms with van der Waals surface area (Å²) in [6.07, 6.45) is 4.02. The molecule has 1 unspecified atom stereocenters. The van der Waals surface area contributed by atoms with Gasteiger partial charge in [-0.2, -0.15) is 0 Å². The minimum Gasteiger partial charge on any atom is -0.289 e. The molecule has 0 radical (unpaired) electrons. The Hall–Kier alpha value is -3.28. The van der Waals surface area contributed by atoms with E-state index in [1.54, 1.807) is 0 Å². The lowest BCUT2D eigenvalue weighted by Gasteiger charge is -2.34. The molecule has 0 bridgehead atoms. The van der Waals surface area contributed by atoms with Crippen LogP contribution in [0.15, 0.2) is 133 Å². The number of carbonyl (C=O) groups is 1. The van der Waals surface area contributed by atoms with Crippen LogP contribution in [0.2, 0.25) is 0 Å². The van der Waals surface area contributed by atoms with Crippen molar-refractivity contribution in [3.63, 3.8) is 0 Å². The summed E-state index contributed by atoms with van der Waals surface area (Å²) < 4.78 is 0. The first-order chi connectivity index (χ1) is 15.8. The molecule has 4 aromatic carbocycles. The average molecular weight is 433 g/mol. The monoisotopic (exact) mass is 432 g/mol. The highest BCUT2D eigenvalue weighted by Crippen LogP contribution is 2.64. The van der Waals surface area contributed by atoms with Crippen LogP contribution < -0.4 is 5.30 Å². The quantitative estimate of drug-likeness (QED) is 0.189. The van der Waals surface area contributed by atoms with Crippen molar-refractivity contribution in [1.82, 2.24) is 0 Å². The van der Waals surface area contributed by atoms with E-state index in [0.29, 0.717) is 0 Å². The molecule has 1 aliphatic rings. The Morgan fingerprint density at radius 1 is 0.656 bits per heavy atom. The minimum atomic E-state index is -0.621. The first kappa shape index (κ1) is 20.6. The number of rotatable bonds is 5. The average Bonchev–Trinajstić information content (AvgIpc) is 3.26. The maximum absolute atomic E-state index is 13.5. The third kappa shape index (κ3) is 3.74. The Balaban J connectivity index is 1.74. The number of hydrogen-bond acceptors (Lipinski definition) is 1. The van der Waals surface area contributed by atoms with Crippen LogP contribution in [-0.2, 0) is 5.41 Å². The van der Waals surface area contributed by atoms with Crippen LogP contribution in [0.1, 0.15) is 27.9 Å². The Morgan fingerprint density at radius 2 is 1.12 bits per heavy atom. The van der Waals surface area contributed by atoms with Gasteiger partial charge in [0, 0.05) is 11.0 Å². The van der Waals surface area contributed by atoms with Gasteiger partial charge in [0.1, 0.15) is 0 Å². The summed E-state index contributed by atoms with van der Waals surface area (Å²) in [5.74, 6) is 0.0853. The summed E-state index contributed by atoms with van der Waals surface area (Å²) >= 11 is 0. The summed E-state index contributed by atoms with van der Waals surface area (Å²) in [5.41, 5.74) is 2.97. The molecule has 1 aliphatic heterocycles. The van der Waals surface area contributed by atoms with E-state index in [2.05, 4.69) is 91.0 Å². The van der Waals surface area contributed by atoms with E-state index < -0.39 is 7.92 Å². The molecular weight excluding hydrogens is 407 g/mol. The molecule has 0 aliphatic carbocycles. The van der Waals surface area contributed by atoms with E-state index >= 15 is 0 Å². The first-order valence-electron chi connectivity index (χ1n) is 11.0. The van der Waals surface area contributed by atoms with Crippen LogP contribution in [0.25, 0.3) is 0 Å². The van der Waals surface area contributed by atoms with Gasteiger partial charge in [0.25, 0.3) is 0 Å². The molecule has 4 aromatic rings. The van der Waals surface area contributed by atoms with E-state index in [0.717, 1.165) is 18.1 Å². The first-order valence-corrected chi connectivity index (χ1v) is 12.6. The molecule has 0 spiro atoms. The van der Waals surface area contributed by atoms with Crippen molar-refractivity contribution in [2.24, 2.45) is 0 Å². The zero-order chi connectivity index (χ0) is 21.8. The summed E-state index contributed by atoms with van der Waals surface area (Å²) in [6, 6.07) is 41.8. The Morgan fingerprint density at radius 3 is 1.66 bits per heavy atom. The van der Waals surface area contributed by atoms with Crippen LogP contribution in [0.4, 0.5) is 0 Å². The van der Waals surface area contributed by atoms with Crippen molar-refractivity contribution in [2.75, 3.05) is 6.16 Å². The van der Waals surface area contributed by atoms with Gasteiger partial charge < -0.3 is 0 Å². The second-order valence-electron chi connectivity index (χ2n) is 8.13. The largest absolute Gasteiger partial charge is 0.289 e. The lowest BCUT2D eigenvalue weighted by Crippen LogP contribution is -2.27. The Labute approximate surface area is 191 Å². The molecular formula is C30H25OP. The van der Waals surface area contributed by atoms with E-state index in [1.807, 2.05) is 36.4 Å². The maximum atomic E-state index is 13.5. The summed E-state index contributed by atoms with van der Waals surface area (Å²) in [5, 5.41) is 2.59. The summed E-state index contributed by atoms with van der Waals surface area (Å²) in [4.78, 5) is 13.5. The lowest BCUT2D eigenvalue weighted by atomic mass is 9.72. The predicted octanol–water partition coefficient (Wildman–Crippen LogP) is 6.95. The molecule has 156 valence electrons. The van der Waals surface area contributed by atoms with E-state index in [1.165, 1.54) is 21.7 Å². The molecule has 1 atom stereocenters. The Kier molecular flexibility index (Phi) is 5.84. The molecule has 2 heteroatoms. The zero-order valence-electron chi connectivity index (χ0n) is 17.9. The fraction of sp³-hybridized carbons (Fsp3) is 0.100. The van der Waals surface area contributed by atoms with Crippen molar-refractivity contribution in [2.45, 2.75) is 11.8 Å². The van der Waals surface area contributed by atoms with Crippen molar-refractivity contribution >= 4 is 19.0 Å². The van der Waals surface area contributed by atoms with Gasteiger partial charge in [0.2, 0.25) is 0 Å². The normalized spacial score (nSPS) is 18.5. The fourth-order valence-corrected chi connectivity index (χ4v) is 7.81. The second kappa shape index (κ2) is 9.07. The summed E-state index contributed by atoms with van der Waals surface area (Å²) in [7, 11) is -0.621. The van der Waals surface area contributed by atoms with E-state index in [4.69, 9.17) is 0 Å². The second-order valence-corrected chi connectivity index (χ2v) is 10.4. The minimum absolute atomic E-state index is 0.0853. The number of allylic oxidation sites excluding steroid dienone is 2. The van der Waals surface area contributed by atoms with Crippen molar-refractivity contribution in [3.05, 3.63) is 149 Å². The SMILES string of the molecule is O=C(/C=C1/P(c2ccccc2)CCC1(c1ccccc1)c1ccccc1)c1ccccc1. The molecule has 32 heavy (non-hydrogen) atoms. The van der Waals surface area contributed by atoms with Gasteiger partial charge in [-0.1, -0.05) is 121 Å². The van der Waals surface area contributed by atoms with Gasteiger partial charge in [-0.3, -0.25) is 4.79 Å². The highest BCUT2D eigenvalue weighted by Gasteiger charge is 2.47. The van der Waals surface area contributed by atoms with Gasteiger partial charge in [-0.15, -0.1) is 0 Å². The highest BCUT2D eigenvalue weighted by molar-refractivity contribution is 7.70. The highest BCUT2D eigenvalue weighted by atomic mass is 31.1. The smallest absolute Gasteiger partial charge is 0.186 e.